The van der Waals surface area contributed by atoms with Crippen molar-refractivity contribution in [3.63, 3.8) is 0 Å². The van der Waals surface area contributed by atoms with Gasteiger partial charge in [-0.15, -0.1) is 11.3 Å². The number of carbonyl (C=O) groups excluding carboxylic acids is 2. The number of thiazole rings is 1. The largest absolute Gasteiger partial charge is 0.458 e. The van der Waals surface area contributed by atoms with Gasteiger partial charge < -0.3 is 19.7 Å². The normalized spacial score (nSPS) is 37.2. The van der Waals surface area contributed by atoms with Crippen LogP contribution in [0.4, 0.5) is 0 Å². The van der Waals surface area contributed by atoms with Crippen LogP contribution in [-0.2, 0) is 19.1 Å². The molecule has 0 amide bonds. The molecule has 1 aromatic rings. The summed E-state index contributed by atoms with van der Waals surface area (Å²) in [6, 6.07) is 0. The number of nitrogens with zero attached hydrogens (tertiary/aromatic N) is 1. The minimum absolute atomic E-state index is 0.0201. The number of aliphatic hydroxyl groups is 2. The van der Waals surface area contributed by atoms with Crippen molar-refractivity contribution in [2.24, 2.45) is 17.3 Å². The summed E-state index contributed by atoms with van der Waals surface area (Å²) in [6.07, 6.45) is 3.69. The summed E-state index contributed by atoms with van der Waals surface area (Å²) in [4.78, 5) is 30.6. The number of cyclic esters (lactones) is 1. The van der Waals surface area contributed by atoms with Crippen molar-refractivity contribution >= 4 is 29.2 Å². The summed E-state index contributed by atoms with van der Waals surface area (Å²) in [6.45, 7) is 7.58. The highest BCUT2D eigenvalue weighted by Gasteiger charge is 2.57. The third-order valence-corrected chi connectivity index (χ3v) is 8.65. The van der Waals surface area contributed by atoms with Crippen LogP contribution in [-0.4, -0.2) is 57.5 Å². The van der Waals surface area contributed by atoms with E-state index in [1.54, 1.807) is 18.3 Å². The zero-order chi connectivity index (χ0) is 24.6. The zero-order valence-electron chi connectivity index (χ0n) is 20.5. The van der Waals surface area contributed by atoms with Gasteiger partial charge in [-0.25, -0.2) is 4.98 Å². The fourth-order valence-electron chi connectivity index (χ4n) is 5.30. The number of ketones is 1. The maximum atomic E-state index is 13.2. The first-order chi connectivity index (χ1) is 16.1. The van der Waals surface area contributed by atoms with Gasteiger partial charge in [0.15, 0.2) is 0 Å². The summed E-state index contributed by atoms with van der Waals surface area (Å²) in [5.41, 5.74) is 0.769. The number of carbonyl (C=O) groups is 2. The van der Waals surface area contributed by atoms with Crippen LogP contribution in [0, 0.1) is 24.2 Å². The van der Waals surface area contributed by atoms with E-state index in [4.69, 9.17) is 9.47 Å². The van der Waals surface area contributed by atoms with E-state index < -0.39 is 35.6 Å². The van der Waals surface area contributed by atoms with E-state index >= 15 is 0 Å². The monoisotopic (exact) mass is 491 g/mol. The van der Waals surface area contributed by atoms with Crippen LogP contribution in [0.1, 0.15) is 76.4 Å². The van der Waals surface area contributed by atoms with Crippen LogP contribution in [0.3, 0.4) is 0 Å². The number of ether oxygens (including phenoxy) is 2. The zero-order valence-corrected chi connectivity index (χ0v) is 21.3. The molecule has 0 aromatic carbocycles. The number of hydrogen-bond donors (Lipinski definition) is 2. The fourth-order valence-corrected chi connectivity index (χ4v) is 5.87. The Hall–Kier alpha value is -1.61. The molecule has 4 rings (SSSR count). The maximum absolute atomic E-state index is 13.2. The minimum Gasteiger partial charge on any atom is -0.458 e. The highest BCUT2D eigenvalue weighted by molar-refractivity contribution is 7.09. The molecule has 34 heavy (non-hydrogen) atoms. The lowest BCUT2D eigenvalue weighted by molar-refractivity contribution is -0.152. The van der Waals surface area contributed by atoms with E-state index in [0.29, 0.717) is 19.3 Å². The molecule has 2 aliphatic heterocycles. The van der Waals surface area contributed by atoms with Gasteiger partial charge in [-0.1, -0.05) is 20.3 Å². The van der Waals surface area contributed by atoms with Crippen LogP contribution in [0.15, 0.2) is 11.0 Å². The number of aryl methyl sites for hydroxylation is 1. The summed E-state index contributed by atoms with van der Waals surface area (Å²) >= 11 is 1.57. The van der Waals surface area contributed by atoms with E-state index in [2.05, 4.69) is 4.98 Å². The lowest BCUT2D eigenvalue weighted by Gasteiger charge is -2.29. The van der Waals surface area contributed by atoms with Crippen molar-refractivity contribution in [2.45, 2.75) is 103 Å². The van der Waals surface area contributed by atoms with Crippen molar-refractivity contribution in [1.82, 2.24) is 4.98 Å². The molecular weight excluding hydrogens is 454 g/mol. The van der Waals surface area contributed by atoms with Crippen molar-refractivity contribution in [2.75, 3.05) is 0 Å². The Morgan fingerprint density at radius 3 is 2.59 bits per heavy atom. The third-order valence-electron chi connectivity index (χ3n) is 7.86. The molecule has 2 N–H and O–H groups in total. The molecule has 3 aliphatic rings. The highest BCUT2D eigenvalue weighted by Crippen LogP contribution is 2.52. The molecule has 1 saturated carbocycles. The van der Waals surface area contributed by atoms with E-state index in [9.17, 15) is 19.8 Å². The number of aliphatic hydroxyl groups excluding tert-OH is 2. The fraction of sp³-hybridized carbons (Fsp3) is 0.731. The molecule has 0 bridgehead atoms. The predicted molar refractivity (Wildman–Crippen MR) is 129 cm³/mol. The smallest absolute Gasteiger partial charge is 0.309 e. The van der Waals surface area contributed by atoms with E-state index in [1.165, 1.54) is 0 Å². The van der Waals surface area contributed by atoms with E-state index in [-0.39, 0.29) is 30.3 Å². The molecule has 1 aliphatic carbocycles. The van der Waals surface area contributed by atoms with Crippen LogP contribution >= 0.6 is 11.3 Å². The summed E-state index contributed by atoms with van der Waals surface area (Å²) in [5, 5.41) is 24.6. The Labute approximate surface area is 205 Å². The van der Waals surface area contributed by atoms with Gasteiger partial charge in [0, 0.05) is 17.7 Å². The molecule has 3 heterocycles. The van der Waals surface area contributed by atoms with Gasteiger partial charge in [-0.3, -0.25) is 9.59 Å². The van der Waals surface area contributed by atoms with Crippen LogP contribution < -0.4 is 0 Å². The van der Waals surface area contributed by atoms with Crippen LogP contribution in [0.2, 0.25) is 0 Å². The number of hydrogen-bond acceptors (Lipinski definition) is 8. The van der Waals surface area contributed by atoms with Crippen molar-refractivity contribution in [3.05, 3.63) is 21.7 Å². The van der Waals surface area contributed by atoms with Gasteiger partial charge in [-0.05, 0) is 57.1 Å². The first-order valence-corrected chi connectivity index (χ1v) is 13.3. The van der Waals surface area contributed by atoms with Crippen LogP contribution in [0.25, 0.3) is 6.08 Å². The quantitative estimate of drug-likeness (QED) is 0.478. The number of esters is 1. The van der Waals surface area contributed by atoms with Crippen molar-refractivity contribution < 1.29 is 29.3 Å². The van der Waals surface area contributed by atoms with Gasteiger partial charge in [0.25, 0.3) is 0 Å². The van der Waals surface area contributed by atoms with Crippen molar-refractivity contribution in [1.29, 1.82) is 0 Å². The lowest BCUT2D eigenvalue weighted by Crippen LogP contribution is -2.41. The SMILES string of the molecule is C/C(=C\c1csc(C)n1)[C@@H]1C[C@H]2O[C@H]2CCC[C@H](C)[C@@H](O)[C@H](C)C(=O)C2(CC2)[C@@H](O)CC(=O)O1. The number of aromatic nitrogens is 1. The van der Waals surface area contributed by atoms with E-state index in [0.717, 1.165) is 35.5 Å². The predicted octanol–water partition coefficient (Wildman–Crippen LogP) is 3.84. The molecule has 7 nitrogen and oxygen atoms in total. The molecule has 0 radical (unpaired) electrons. The molecule has 8 heteroatoms. The molecular formula is C26H37NO6S. The average molecular weight is 492 g/mol. The molecule has 7 atom stereocenters. The van der Waals surface area contributed by atoms with Gasteiger partial charge in [-0.2, -0.15) is 0 Å². The molecule has 3 fully saturated rings. The van der Waals surface area contributed by atoms with Gasteiger partial charge in [0.2, 0.25) is 0 Å². The van der Waals surface area contributed by atoms with Crippen molar-refractivity contribution in [3.8, 4) is 0 Å². The van der Waals surface area contributed by atoms with Gasteiger partial charge in [0.1, 0.15) is 11.9 Å². The second-order valence-electron chi connectivity index (χ2n) is 10.5. The number of rotatable bonds is 2. The summed E-state index contributed by atoms with van der Waals surface area (Å²) in [7, 11) is 0. The molecule has 1 aromatic heterocycles. The van der Waals surface area contributed by atoms with Gasteiger partial charge in [0.05, 0.1) is 47.0 Å². The number of epoxide rings is 1. The number of Topliss-reactive ketones (excluding diaryl/α,β-unsaturated/α-hetero) is 1. The standard InChI is InChI=1S/C26H37NO6S/c1-14-6-5-7-19-21(32-19)11-20(15(2)10-18-13-34-17(4)27-18)33-23(29)12-22(28)26(8-9-26)25(31)16(3)24(14)30/h10,13-14,16,19-22,24,28,30H,5-9,11-12H2,1-4H3/b15-10+/t14-,16-,19-,20-,21+,22-,24+/m0/s1. The lowest BCUT2D eigenvalue weighted by atomic mass is 9.79. The molecule has 0 unspecified atom stereocenters. The first kappa shape index (κ1) is 25.5. The van der Waals surface area contributed by atoms with Crippen LogP contribution in [0.5, 0.6) is 0 Å². The molecule has 2 saturated heterocycles. The summed E-state index contributed by atoms with van der Waals surface area (Å²) < 4.78 is 11.7. The topological polar surface area (TPSA) is 109 Å². The third kappa shape index (κ3) is 5.61. The number of fused-ring (bicyclic) bond motifs is 1. The second-order valence-corrected chi connectivity index (χ2v) is 11.6. The minimum atomic E-state index is -1.11. The second kappa shape index (κ2) is 10.2. The summed E-state index contributed by atoms with van der Waals surface area (Å²) in [5.74, 6) is -1.28. The Morgan fingerprint density at radius 2 is 1.94 bits per heavy atom. The first-order valence-electron chi connectivity index (χ1n) is 12.5. The van der Waals surface area contributed by atoms with Gasteiger partial charge >= 0.3 is 5.97 Å². The van der Waals surface area contributed by atoms with E-state index in [1.807, 2.05) is 32.2 Å². The Bertz CT molecular complexity index is 937. The molecule has 1 spiro atoms. The Balaban J connectivity index is 1.53. The average Bonchev–Trinajstić information content (AvgIpc) is 3.70. The molecule has 188 valence electrons. The Kier molecular flexibility index (Phi) is 7.62. The highest BCUT2D eigenvalue weighted by atomic mass is 32.1. The maximum Gasteiger partial charge on any atom is 0.309 e. The Morgan fingerprint density at radius 1 is 1.21 bits per heavy atom.